The van der Waals surface area contributed by atoms with Crippen molar-refractivity contribution in [3.05, 3.63) is 39.5 Å². The zero-order chi connectivity index (χ0) is 25.2. The number of carbonyl (C=O) groups is 1. The second-order valence-electron chi connectivity index (χ2n) is 10.3. The van der Waals surface area contributed by atoms with E-state index in [0.717, 1.165) is 35.2 Å². The number of rotatable bonds is 3. The number of aromatic nitrogens is 3. The molecule has 6 rings (SSSR count). The molecule has 3 aromatic heterocycles. The maximum Gasteiger partial charge on any atom is 0.263 e. The van der Waals surface area contributed by atoms with Crippen molar-refractivity contribution in [1.29, 1.82) is 0 Å². The van der Waals surface area contributed by atoms with Gasteiger partial charge in [0.1, 0.15) is 15.5 Å². The smallest absolute Gasteiger partial charge is 0.263 e. The van der Waals surface area contributed by atoms with Crippen LogP contribution in [0.15, 0.2) is 6.07 Å². The molecule has 0 bridgehead atoms. The molecule has 0 aromatic carbocycles. The van der Waals surface area contributed by atoms with Gasteiger partial charge in [0.25, 0.3) is 5.91 Å². The van der Waals surface area contributed by atoms with Crippen LogP contribution in [-0.2, 0) is 17.6 Å². The number of hydrogen-bond acceptors (Lipinski definition) is 9. The van der Waals surface area contributed by atoms with E-state index in [-0.39, 0.29) is 29.2 Å². The SMILES string of the molecule is Cc1nc(C)c2c(N)c(C(=O)NC3CCc4nc(N5CC(N)C6(CCOC6)C5)c(F)cc4C3)sc2n1. The van der Waals surface area contributed by atoms with Gasteiger partial charge in [-0.1, -0.05) is 0 Å². The Morgan fingerprint density at radius 1 is 1.33 bits per heavy atom. The van der Waals surface area contributed by atoms with Crippen LogP contribution in [0.2, 0.25) is 0 Å². The van der Waals surface area contributed by atoms with E-state index >= 15 is 4.39 Å². The Morgan fingerprint density at radius 2 is 2.17 bits per heavy atom. The van der Waals surface area contributed by atoms with Gasteiger partial charge < -0.3 is 26.4 Å². The third-order valence-corrected chi connectivity index (χ3v) is 8.99. The Bertz CT molecular complexity index is 1370. The lowest BCUT2D eigenvalue weighted by Gasteiger charge is -2.28. The Balaban J connectivity index is 1.19. The van der Waals surface area contributed by atoms with Gasteiger partial charge in [0.05, 0.1) is 23.4 Å². The molecule has 1 amide bonds. The maximum absolute atomic E-state index is 15.2. The fourth-order valence-corrected chi connectivity index (χ4v) is 7.01. The Hall–Kier alpha value is -2.89. The highest BCUT2D eigenvalue weighted by Gasteiger charge is 2.48. The topological polar surface area (TPSA) is 132 Å². The molecule has 190 valence electrons. The van der Waals surface area contributed by atoms with Crippen LogP contribution >= 0.6 is 11.3 Å². The number of nitrogens with one attached hydrogen (secondary N) is 1. The van der Waals surface area contributed by atoms with Crippen LogP contribution in [0, 0.1) is 25.1 Å². The quantitative estimate of drug-likeness (QED) is 0.488. The first-order valence-electron chi connectivity index (χ1n) is 12.3. The number of nitrogens with two attached hydrogens (primary N) is 2. The Labute approximate surface area is 212 Å². The number of thiophene rings is 1. The van der Waals surface area contributed by atoms with Crippen LogP contribution in [0.5, 0.6) is 0 Å². The molecule has 2 aliphatic heterocycles. The molecular formula is C25H30FN7O2S. The lowest BCUT2D eigenvalue weighted by atomic mass is 9.83. The summed E-state index contributed by atoms with van der Waals surface area (Å²) in [6, 6.07) is 1.39. The summed E-state index contributed by atoms with van der Waals surface area (Å²) in [6.07, 6.45) is 2.80. The van der Waals surface area contributed by atoms with E-state index in [1.54, 1.807) is 6.07 Å². The molecule has 3 aliphatic rings. The Kier molecular flexibility index (Phi) is 5.62. The van der Waals surface area contributed by atoms with E-state index in [1.807, 2.05) is 18.7 Å². The summed E-state index contributed by atoms with van der Waals surface area (Å²) in [4.78, 5) is 29.8. The predicted molar refractivity (Wildman–Crippen MR) is 137 cm³/mol. The summed E-state index contributed by atoms with van der Waals surface area (Å²) in [5.74, 6) is 0.442. The van der Waals surface area contributed by atoms with Crippen LogP contribution in [-0.4, -0.2) is 59.2 Å². The number of hydrogen-bond donors (Lipinski definition) is 3. The number of ether oxygens (including phenoxy) is 1. The first-order chi connectivity index (χ1) is 17.2. The fraction of sp³-hybridized carbons (Fsp3) is 0.520. The van der Waals surface area contributed by atoms with Gasteiger partial charge in [-0.2, -0.15) is 0 Å². The molecular weight excluding hydrogens is 481 g/mol. The number of carbonyl (C=O) groups excluding carboxylic acids is 1. The zero-order valence-corrected chi connectivity index (χ0v) is 21.3. The van der Waals surface area contributed by atoms with E-state index in [1.165, 1.54) is 11.3 Å². The third-order valence-electron chi connectivity index (χ3n) is 7.89. The van der Waals surface area contributed by atoms with Gasteiger partial charge in [-0.15, -0.1) is 11.3 Å². The van der Waals surface area contributed by atoms with Crippen molar-refractivity contribution in [3.63, 3.8) is 0 Å². The summed E-state index contributed by atoms with van der Waals surface area (Å²) in [5, 5.41) is 3.82. The number of nitrogens with zero attached hydrogens (tertiary/aromatic N) is 4. The number of aryl methyl sites for hydroxylation is 3. The molecule has 1 spiro atoms. The number of nitrogen functional groups attached to an aromatic ring is 1. The van der Waals surface area contributed by atoms with E-state index in [0.29, 0.717) is 66.2 Å². The highest BCUT2D eigenvalue weighted by atomic mass is 32.1. The van der Waals surface area contributed by atoms with Crippen molar-refractivity contribution in [2.75, 3.05) is 36.9 Å². The van der Waals surface area contributed by atoms with Gasteiger partial charge in [-0.25, -0.2) is 19.3 Å². The van der Waals surface area contributed by atoms with Crippen LogP contribution in [0.3, 0.4) is 0 Å². The largest absolute Gasteiger partial charge is 0.397 e. The van der Waals surface area contributed by atoms with Crippen LogP contribution < -0.4 is 21.7 Å². The summed E-state index contributed by atoms with van der Waals surface area (Å²) < 4.78 is 20.8. The van der Waals surface area contributed by atoms with Crippen molar-refractivity contribution in [3.8, 4) is 0 Å². The minimum atomic E-state index is -0.345. The number of anilines is 2. The van der Waals surface area contributed by atoms with Gasteiger partial charge in [0, 0.05) is 42.9 Å². The molecule has 1 aliphatic carbocycles. The highest BCUT2D eigenvalue weighted by molar-refractivity contribution is 7.21. The van der Waals surface area contributed by atoms with Crippen molar-refractivity contribution in [1.82, 2.24) is 20.3 Å². The molecule has 36 heavy (non-hydrogen) atoms. The number of pyridine rings is 1. The van der Waals surface area contributed by atoms with E-state index in [2.05, 4.69) is 15.3 Å². The van der Waals surface area contributed by atoms with E-state index in [4.69, 9.17) is 21.2 Å². The van der Waals surface area contributed by atoms with Crippen molar-refractivity contribution >= 4 is 39.0 Å². The van der Waals surface area contributed by atoms with Gasteiger partial charge >= 0.3 is 0 Å². The van der Waals surface area contributed by atoms with Gasteiger partial charge in [-0.05, 0) is 51.2 Å². The van der Waals surface area contributed by atoms with Gasteiger partial charge in [-0.3, -0.25) is 4.79 Å². The minimum Gasteiger partial charge on any atom is -0.397 e. The number of halogens is 1. The average Bonchev–Trinajstić information content (AvgIpc) is 3.52. The van der Waals surface area contributed by atoms with Crippen LogP contribution in [0.25, 0.3) is 10.2 Å². The fourth-order valence-electron chi connectivity index (χ4n) is 5.91. The molecule has 2 fully saturated rings. The number of amides is 1. The molecule has 3 aromatic rings. The van der Waals surface area contributed by atoms with E-state index < -0.39 is 0 Å². The highest BCUT2D eigenvalue weighted by Crippen LogP contribution is 2.40. The van der Waals surface area contributed by atoms with Gasteiger partial charge in [0.15, 0.2) is 11.6 Å². The van der Waals surface area contributed by atoms with Crippen molar-refractivity contribution in [2.45, 2.75) is 51.6 Å². The third kappa shape index (κ3) is 3.80. The standard InChI is InChI=1S/C25H30FN7O2S/c1-12-19-20(28)21(36-24(19)30-13(2)29-12)23(34)31-15-3-4-17-14(7-15)8-16(26)22(32-17)33-9-18(27)25(10-33)5-6-35-11-25/h8,15,18H,3-7,9-11,27-28H2,1-2H3,(H,31,34). The molecule has 11 heteroatoms. The summed E-state index contributed by atoms with van der Waals surface area (Å²) >= 11 is 1.28. The molecule has 0 radical (unpaired) electrons. The van der Waals surface area contributed by atoms with Crippen molar-refractivity contribution in [2.24, 2.45) is 11.1 Å². The molecule has 5 heterocycles. The molecule has 0 saturated carbocycles. The molecule has 2 saturated heterocycles. The average molecular weight is 512 g/mol. The normalized spacial score (nSPS) is 25.6. The zero-order valence-electron chi connectivity index (χ0n) is 20.4. The molecule has 9 nitrogen and oxygen atoms in total. The first-order valence-corrected chi connectivity index (χ1v) is 13.2. The second-order valence-corrected chi connectivity index (χ2v) is 11.3. The number of fused-ring (bicyclic) bond motifs is 2. The summed E-state index contributed by atoms with van der Waals surface area (Å²) in [7, 11) is 0. The monoisotopic (exact) mass is 511 g/mol. The van der Waals surface area contributed by atoms with Gasteiger partial charge in [0.2, 0.25) is 0 Å². The summed E-state index contributed by atoms with van der Waals surface area (Å²) in [5.41, 5.74) is 15.5. The minimum absolute atomic E-state index is 0.0585. The molecule has 3 atom stereocenters. The Morgan fingerprint density at radius 3 is 2.94 bits per heavy atom. The maximum atomic E-state index is 15.2. The molecule has 5 N–H and O–H groups in total. The lowest BCUT2D eigenvalue weighted by Crippen LogP contribution is -2.40. The molecule has 3 unspecified atom stereocenters. The van der Waals surface area contributed by atoms with Crippen LogP contribution in [0.1, 0.15) is 45.3 Å². The van der Waals surface area contributed by atoms with Crippen molar-refractivity contribution < 1.29 is 13.9 Å². The second kappa shape index (κ2) is 8.60. The lowest BCUT2D eigenvalue weighted by molar-refractivity contribution is 0.0938. The van der Waals surface area contributed by atoms with E-state index in [9.17, 15) is 4.79 Å². The first kappa shape index (κ1) is 23.5. The predicted octanol–water partition coefficient (Wildman–Crippen LogP) is 2.27. The van der Waals surface area contributed by atoms with Crippen LogP contribution in [0.4, 0.5) is 15.9 Å². The summed E-state index contributed by atoms with van der Waals surface area (Å²) in [6.45, 7) is 6.25.